The molecule has 0 saturated carbocycles. The Kier molecular flexibility index (Phi) is 10.8. The van der Waals surface area contributed by atoms with Crippen LogP contribution in [0, 0.1) is 12.8 Å². The molecule has 0 aliphatic heterocycles. The molecule has 0 fully saturated rings. The number of sulfonamides is 1. The SMILES string of the molecule is CC[C@H](C(=O)NCC(C)C)N(Cc1ccccc1)C(=O)CCCN(c1cccc(C)c1)S(C)(=O)=O. The van der Waals surface area contributed by atoms with E-state index in [0.29, 0.717) is 37.5 Å². The summed E-state index contributed by atoms with van der Waals surface area (Å²) in [5.41, 5.74) is 2.48. The first-order valence-corrected chi connectivity index (χ1v) is 14.0. The van der Waals surface area contributed by atoms with E-state index in [4.69, 9.17) is 0 Å². The summed E-state index contributed by atoms with van der Waals surface area (Å²) in [6, 6.07) is 16.3. The molecule has 0 radical (unpaired) electrons. The van der Waals surface area contributed by atoms with E-state index in [0.717, 1.165) is 11.1 Å². The lowest BCUT2D eigenvalue weighted by Gasteiger charge is -2.31. The van der Waals surface area contributed by atoms with E-state index in [2.05, 4.69) is 5.32 Å². The van der Waals surface area contributed by atoms with Crippen LogP contribution in [0.5, 0.6) is 0 Å². The molecular formula is C27H39N3O4S. The maximum atomic E-state index is 13.4. The van der Waals surface area contributed by atoms with Gasteiger partial charge in [-0.3, -0.25) is 13.9 Å². The number of nitrogens with one attached hydrogen (secondary N) is 1. The fraction of sp³-hybridized carbons (Fsp3) is 0.481. The predicted molar refractivity (Wildman–Crippen MR) is 142 cm³/mol. The quantitative estimate of drug-likeness (QED) is 0.447. The minimum Gasteiger partial charge on any atom is -0.354 e. The number of nitrogens with zero attached hydrogens (tertiary/aromatic N) is 2. The Hall–Kier alpha value is -2.87. The molecule has 7 nitrogen and oxygen atoms in total. The van der Waals surface area contributed by atoms with Crippen LogP contribution in [0.1, 0.15) is 51.2 Å². The Morgan fingerprint density at radius 1 is 1.03 bits per heavy atom. The first-order chi connectivity index (χ1) is 16.5. The van der Waals surface area contributed by atoms with E-state index < -0.39 is 16.1 Å². The van der Waals surface area contributed by atoms with Crippen LogP contribution in [0.15, 0.2) is 54.6 Å². The van der Waals surface area contributed by atoms with Crippen molar-refractivity contribution in [1.29, 1.82) is 0 Å². The number of aryl methyl sites for hydroxylation is 1. The van der Waals surface area contributed by atoms with E-state index in [9.17, 15) is 18.0 Å². The molecular weight excluding hydrogens is 462 g/mol. The van der Waals surface area contributed by atoms with Crippen LogP contribution in [0.3, 0.4) is 0 Å². The van der Waals surface area contributed by atoms with Crippen LogP contribution in [0.4, 0.5) is 5.69 Å². The van der Waals surface area contributed by atoms with Gasteiger partial charge in [-0.25, -0.2) is 8.42 Å². The predicted octanol–water partition coefficient (Wildman–Crippen LogP) is 4.12. The monoisotopic (exact) mass is 501 g/mol. The van der Waals surface area contributed by atoms with E-state index in [1.54, 1.807) is 11.0 Å². The van der Waals surface area contributed by atoms with Crippen molar-refractivity contribution in [2.45, 2.75) is 59.5 Å². The van der Waals surface area contributed by atoms with Gasteiger partial charge in [0.1, 0.15) is 6.04 Å². The van der Waals surface area contributed by atoms with Gasteiger partial charge in [-0.05, 0) is 48.9 Å². The number of carbonyl (C=O) groups excluding carboxylic acids is 2. The minimum absolute atomic E-state index is 0.138. The molecule has 0 aliphatic rings. The first kappa shape index (κ1) is 28.4. The summed E-state index contributed by atoms with van der Waals surface area (Å²) in [6.45, 7) is 8.90. The van der Waals surface area contributed by atoms with Gasteiger partial charge in [0.25, 0.3) is 0 Å². The van der Waals surface area contributed by atoms with Crippen molar-refractivity contribution < 1.29 is 18.0 Å². The number of hydrogen-bond acceptors (Lipinski definition) is 4. The summed E-state index contributed by atoms with van der Waals surface area (Å²) >= 11 is 0. The lowest BCUT2D eigenvalue weighted by atomic mass is 10.1. The Balaban J connectivity index is 2.18. The Morgan fingerprint density at radius 2 is 1.71 bits per heavy atom. The van der Waals surface area contributed by atoms with Crippen LogP contribution in [-0.2, 0) is 26.2 Å². The van der Waals surface area contributed by atoms with E-state index in [1.807, 2.05) is 76.2 Å². The zero-order chi connectivity index (χ0) is 26.0. The molecule has 0 unspecified atom stereocenters. The molecule has 35 heavy (non-hydrogen) atoms. The normalized spacial score (nSPS) is 12.3. The zero-order valence-corrected chi connectivity index (χ0v) is 22.3. The molecule has 8 heteroatoms. The summed E-state index contributed by atoms with van der Waals surface area (Å²) in [6.07, 6.45) is 2.14. The molecule has 1 atom stereocenters. The van der Waals surface area contributed by atoms with Gasteiger partial charge >= 0.3 is 0 Å². The molecule has 0 aromatic heterocycles. The lowest BCUT2D eigenvalue weighted by Crippen LogP contribution is -2.49. The summed E-state index contributed by atoms with van der Waals surface area (Å²) in [4.78, 5) is 28.0. The highest BCUT2D eigenvalue weighted by atomic mass is 32.2. The maximum Gasteiger partial charge on any atom is 0.242 e. The second-order valence-electron chi connectivity index (χ2n) is 9.35. The first-order valence-electron chi connectivity index (χ1n) is 12.2. The fourth-order valence-electron chi connectivity index (χ4n) is 3.91. The number of hydrogen-bond donors (Lipinski definition) is 1. The minimum atomic E-state index is -3.51. The number of anilines is 1. The van der Waals surface area contributed by atoms with Crippen molar-refractivity contribution in [3.05, 3.63) is 65.7 Å². The van der Waals surface area contributed by atoms with Crippen molar-refractivity contribution in [1.82, 2.24) is 10.2 Å². The largest absolute Gasteiger partial charge is 0.354 e. The Bertz CT molecular complexity index is 1070. The van der Waals surface area contributed by atoms with Gasteiger partial charge in [-0.2, -0.15) is 0 Å². The van der Waals surface area contributed by atoms with Gasteiger partial charge in [-0.1, -0.05) is 63.2 Å². The van der Waals surface area contributed by atoms with Crippen molar-refractivity contribution >= 4 is 27.5 Å². The standard InChI is InChI=1S/C27H39N3O4S/c1-6-25(27(32)28-19-21(2)3)29(20-23-13-8-7-9-14-23)26(31)16-11-17-30(35(5,33)34)24-15-10-12-22(4)18-24/h7-10,12-15,18,21,25H,6,11,16-17,19-20H2,1-5H3,(H,28,32)/t25-/m1/s1. The van der Waals surface area contributed by atoms with E-state index in [1.165, 1.54) is 10.6 Å². The summed E-state index contributed by atoms with van der Waals surface area (Å²) in [5.74, 6) is -0.0283. The molecule has 2 aromatic rings. The average molecular weight is 502 g/mol. The van der Waals surface area contributed by atoms with E-state index >= 15 is 0 Å². The number of rotatable bonds is 13. The highest BCUT2D eigenvalue weighted by Gasteiger charge is 2.28. The van der Waals surface area contributed by atoms with Gasteiger partial charge < -0.3 is 10.2 Å². The maximum absolute atomic E-state index is 13.4. The van der Waals surface area contributed by atoms with E-state index in [-0.39, 0.29) is 24.8 Å². The third-order valence-electron chi connectivity index (χ3n) is 5.71. The van der Waals surface area contributed by atoms with Crippen LogP contribution in [0.25, 0.3) is 0 Å². The van der Waals surface area contributed by atoms with Crippen LogP contribution >= 0.6 is 0 Å². The zero-order valence-electron chi connectivity index (χ0n) is 21.5. The molecule has 0 bridgehead atoms. The van der Waals surface area contributed by atoms with Gasteiger partial charge in [0.15, 0.2) is 0 Å². The smallest absolute Gasteiger partial charge is 0.242 e. The number of carbonyl (C=O) groups is 2. The molecule has 0 heterocycles. The fourth-order valence-corrected chi connectivity index (χ4v) is 4.87. The molecule has 2 amide bonds. The lowest BCUT2D eigenvalue weighted by molar-refractivity contribution is -0.141. The molecule has 192 valence electrons. The van der Waals surface area contributed by atoms with Crippen molar-refractivity contribution in [2.75, 3.05) is 23.7 Å². The number of benzene rings is 2. The molecule has 0 saturated heterocycles. The van der Waals surface area contributed by atoms with Gasteiger partial charge in [0.05, 0.1) is 11.9 Å². The second kappa shape index (κ2) is 13.3. The number of amides is 2. The second-order valence-corrected chi connectivity index (χ2v) is 11.3. The third-order valence-corrected chi connectivity index (χ3v) is 6.90. The van der Waals surface area contributed by atoms with Crippen molar-refractivity contribution in [2.24, 2.45) is 5.92 Å². The molecule has 1 N–H and O–H groups in total. The highest BCUT2D eigenvalue weighted by molar-refractivity contribution is 7.92. The van der Waals surface area contributed by atoms with Gasteiger partial charge in [0, 0.05) is 26.1 Å². The summed E-state index contributed by atoms with van der Waals surface area (Å²) in [5, 5.41) is 2.95. The average Bonchev–Trinajstić information content (AvgIpc) is 2.80. The topological polar surface area (TPSA) is 86.8 Å². The van der Waals surface area contributed by atoms with Crippen molar-refractivity contribution in [3.8, 4) is 0 Å². The van der Waals surface area contributed by atoms with Crippen LogP contribution < -0.4 is 9.62 Å². The summed E-state index contributed by atoms with van der Waals surface area (Å²) in [7, 11) is -3.51. The van der Waals surface area contributed by atoms with Gasteiger partial charge in [-0.15, -0.1) is 0 Å². The third kappa shape index (κ3) is 9.02. The molecule has 2 rings (SSSR count). The van der Waals surface area contributed by atoms with Crippen LogP contribution in [0.2, 0.25) is 0 Å². The Morgan fingerprint density at radius 3 is 2.29 bits per heavy atom. The van der Waals surface area contributed by atoms with Gasteiger partial charge in [0.2, 0.25) is 21.8 Å². The highest BCUT2D eigenvalue weighted by Crippen LogP contribution is 2.20. The summed E-state index contributed by atoms with van der Waals surface area (Å²) < 4.78 is 26.2. The molecule has 2 aromatic carbocycles. The molecule has 0 spiro atoms. The Labute approximate surface area is 210 Å². The van der Waals surface area contributed by atoms with Crippen LogP contribution in [-0.4, -0.2) is 50.5 Å². The van der Waals surface area contributed by atoms with Crippen molar-refractivity contribution in [3.63, 3.8) is 0 Å². The molecule has 0 aliphatic carbocycles.